The van der Waals surface area contributed by atoms with E-state index in [1.165, 1.54) is 11.8 Å². The number of hydrogen-bond acceptors (Lipinski definition) is 5. The molecule has 0 bridgehead atoms. The predicted molar refractivity (Wildman–Crippen MR) is 69.2 cm³/mol. The number of thioether (sulfide) groups is 1. The number of aliphatic imine (C=N–C) groups is 1. The van der Waals surface area contributed by atoms with Crippen molar-refractivity contribution in [3.05, 3.63) is 11.1 Å². The average molecular weight is 269 g/mol. The van der Waals surface area contributed by atoms with Crippen molar-refractivity contribution in [1.29, 1.82) is 0 Å². The first-order valence-corrected chi connectivity index (χ1v) is 6.69. The summed E-state index contributed by atoms with van der Waals surface area (Å²) in [5.74, 6) is -1.26. The lowest BCUT2D eigenvalue weighted by Gasteiger charge is -2.17. The zero-order chi connectivity index (χ0) is 13.1. The Morgan fingerprint density at radius 2 is 2.44 bits per heavy atom. The maximum atomic E-state index is 11.8. The van der Waals surface area contributed by atoms with Crippen molar-refractivity contribution in [3.63, 3.8) is 0 Å². The van der Waals surface area contributed by atoms with E-state index in [1.54, 1.807) is 6.92 Å². The Morgan fingerprint density at radius 1 is 1.67 bits per heavy atom. The molecule has 98 valence electrons. The van der Waals surface area contributed by atoms with Crippen LogP contribution in [0.2, 0.25) is 0 Å². The van der Waals surface area contributed by atoms with Crippen LogP contribution < -0.4 is 5.32 Å². The summed E-state index contributed by atoms with van der Waals surface area (Å²) in [5, 5.41) is 14.2. The number of carbonyl (C=O) groups is 2. The van der Waals surface area contributed by atoms with Crippen LogP contribution in [0.3, 0.4) is 0 Å². The van der Waals surface area contributed by atoms with Crippen LogP contribution in [0.25, 0.3) is 0 Å². The molecule has 0 fully saturated rings. The molecule has 0 aromatic carbocycles. The molecule has 2 aliphatic heterocycles. The standard InChI is InChI=1S/C11H15N3O3S/c1-2-8(10(16)17)13-9(15)5-7-6-18-11-12-3-4-14(7)11/h6,8H,2-5H2,1H3,(H,13,15)(H,16,17). The number of carboxylic acid groups (broad SMARTS) is 1. The molecule has 0 saturated heterocycles. The molecule has 2 aliphatic rings. The van der Waals surface area contributed by atoms with Gasteiger partial charge in [-0.05, 0) is 11.8 Å². The first kappa shape index (κ1) is 12.9. The minimum absolute atomic E-state index is 0.204. The van der Waals surface area contributed by atoms with E-state index in [-0.39, 0.29) is 12.3 Å². The van der Waals surface area contributed by atoms with Crippen LogP contribution in [-0.2, 0) is 9.59 Å². The number of amides is 1. The van der Waals surface area contributed by atoms with Gasteiger partial charge in [0.2, 0.25) is 5.91 Å². The van der Waals surface area contributed by atoms with Gasteiger partial charge < -0.3 is 15.3 Å². The van der Waals surface area contributed by atoms with E-state index in [0.717, 1.165) is 24.0 Å². The highest BCUT2D eigenvalue weighted by atomic mass is 32.2. The number of aliphatic carboxylic acids is 1. The summed E-state index contributed by atoms with van der Waals surface area (Å²) in [6, 6.07) is -0.807. The highest BCUT2D eigenvalue weighted by Gasteiger charge is 2.28. The predicted octanol–water partition coefficient (Wildman–Crippen LogP) is 0.616. The third-order valence-corrected chi connectivity index (χ3v) is 3.78. The van der Waals surface area contributed by atoms with Crippen LogP contribution in [0, 0.1) is 0 Å². The Bertz CT molecular complexity index is 433. The van der Waals surface area contributed by atoms with Crippen LogP contribution in [0.15, 0.2) is 16.1 Å². The van der Waals surface area contributed by atoms with E-state index in [2.05, 4.69) is 10.3 Å². The highest BCUT2D eigenvalue weighted by molar-refractivity contribution is 8.16. The van der Waals surface area contributed by atoms with Crippen LogP contribution in [0.5, 0.6) is 0 Å². The molecule has 0 aromatic rings. The fourth-order valence-corrected chi connectivity index (χ4v) is 2.82. The molecule has 2 rings (SSSR count). The Labute approximate surface area is 109 Å². The number of carboxylic acids is 1. The number of rotatable bonds is 5. The van der Waals surface area contributed by atoms with Crippen LogP contribution in [0.1, 0.15) is 19.8 Å². The second-order valence-electron chi connectivity index (χ2n) is 4.09. The van der Waals surface area contributed by atoms with E-state index >= 15 is 0 Å². The number of fused-ring (bicyclic) bond motifs is 1. The Balaban J connectivity index is 1.88. The van der Waals surface area contributed by atoms with Crippen molar-refractivity contribution in [2.45, 2.75) is 25.8 Å². The molecule has 1 atom stereocenters. The maximum Gasteiger partial charge on any atom is 0.326 e. The quantitative estimate of drug-likeness (QED) is 0.764. The summed E-state index contributed by atoms with van der Waals surface area (Å²) in [4.78, 5) is 28.9. The van der Waals surface area contributed by atoms with Gasteiger partial charge in [-0.2, -0.15) is 0 Å². The monoisotopic (exact) mass is 269 g/mol. The summed E-state index contributed by atoms with van der Waals surface area (Å²) < 4.78 is 0. The van der Waals surface area contributed by atoms with Gasteiger partial charge in [0.25, 0.3) is 0 Å². The Morgan fingerprint density at radius 3 is 3.11 bits per heavy atom. The van der Waals surface area contributed by atoms with Crippen molar-refractivity contribution in [2.75, 3.05) is 13.1 Å². The molecule has 0 aromatic heterocycles. The molecule has 18 heavy (non-hydrogen) atoms. The molecule has 0 radical (unpaired) electrons. The van der Waals surface area contributed by atoms with E-state index in [1.807, 2.05) is 10.3 Å². The van der Waals surface area contributed by atoms with Crippen molar-refractivity contribution in [3.8, 4) is 0 Å². The topological polar surface area (TPSA) is 82.0 Å². The molecule has 2 N–H and O–H groups in total. The zero-order valence-corrected chi connectivity index (χ0v) is 10.9. The van der Waals surface area contributed by atoms with Gasteiger partial charge in [0.05, 0.1) is 13.0 Å². The largest absolute Gasteiger partial charge is 0.480 e. The van der Waals surface area contributed by atoms with E-state index in [9.17, 15) is 9.59 Å². The van der Waals surface area contributed by atoms with E-state index in [4.69, 9.17) is 5.11 Å². The molecule has 0 saturated carbocycles. The zero-order valence-electron chi connectivity index (χ0n) is 10.0. The van der Waals surface area contributed by atoms with Crippen LogP contribution >= 0.6 is 11.8 Å². The smallest absolute Gasteiger partial charge is 0.326 e. The molecule has 6 nitrogen and oxygen atoms in total. The molecular formula is C11H15N3O3S. The number of hydrogen-bond donors (Lipinski definition) is 2. The Kier molecular flexibility index (Phi) is 3.90. The minimum atomic E-state index is -0.996. The van der Waals surface area contributed by atoms with Crippen molar-refractivity contribution in [1.82, 2.24) is 10.2 Å². The van der Waals surface area contributed by atoms with Crippen molar-refractivity contribution >= 4 is 28.8 Å². The first-order valence-electron chi connectivity index (χ1n) is 5.81. The van der Waals surface area contributed by atoms with Gasteiger partial charge in [0, 0.05) is 12.2 Å². The third-order valence-electron chi connectivity index (χ3n) is 2.83. The number of amidine groups is 1. The third kappa shape index (κ3) is 2.66. The average Bonchev–Trinajstić information content (AvgIpc) is 2.90. The van der Waals surface area contributed by atoms with Gasteiger partial charge in [0.15, 0.2) is 5.17 Å². The lowest BCUT2D eigenvalue weighted by molar-refractivity contribution is -0.141. The lowest BCUT2D eigenvalue weighted by Crippen LogP contribution is -2.41. The summed E-state index contributed by atoms with van der Waals surface area (Å²) in [5.41, 5.74) is 0.897. The summed E-state index contributed by atoms with van der Waals surface area (Å²) in [6.07, 6.45) is 0.584. The minimum Gasteiger partial charge on any atom is -0.480 e. The second-order valence-corrected chi connectivity index (χ2v) is 4.92. The summed E-state index contributed by atoms with van der Waals surface area (Å²) >= 11 is 1.51. The van der Waals surface area contributed by atoms with Gasteiger partial charge in [0.1, 0.15) is 6.04 Å². The molecule has 0 aliphatic carbocycles. The fourth-order valence-electron chi connectivity index (χ4n) is 1.86. The fraction of sp³-hybridized carbons (Fsp3) is 0.545. The van der Waals surface area contributed by atoms with Crippen LogP contribution in [-0.4, -0.2) is 46.2 Å². The van der Waals surface area contributed by atoms with Crippen LogP contribution in [0.4, 0.5) is 0 Å². The van der Waals surface area contributed by atoms with Crippen molar-refractivity contribution < 1.29 is 14.7 Å². The second kappa shape index (κ2) is 5.43. The highest BCUT2D eigenvalue weighted by Crippen LogP contribution is 2.30. The van der Waals surface area contributed by atoms with Gasteiger partial charge in [-0.15, -0.1) is 0 Å². The number of nitrogens with zero attached hydrogens (tertiary/aromatic N) is 2. The molecule has 2 heterocycles. The number of carbonyl (C=O) groups excluding carboxylic acids is 1. The summed E-state index contributed by atoms with van der Waals surface area (Å²) in [7, 11) is 0. The molecular weight excluding hydrogens is 254 g/mol. The van der Waals surface area contributed by atoms with E-state index < -0.39 is 12.0 Å². The maximum absolute atomic E-state index is 11.8. The van der Waals surface area contributed by atoms with Gasteiger partial charge in [-0.25, -0.2) is 4.79 Å². The van der Waals surface area contributed by atoms with Crippen molar-refractivity contribution in [2.24, 2.45) is 4.99 Å². The van der Waals surface area contributed by atoms with Gasteiger partial charge in [-0.1, -0.05) is 18.7 Å². The number of nitrogens with one attached hydrogen (secondary N) is 1. The lowest BCUT2D eigenvalue weighted by atomic mass is 10.2. The molecule has 1 unspecified atom stereocenters. The van der Waals surface area contributed by atoms with E-state index in [0.29, 0.717) is 6.42 Å². The molecule has 0 spiro atoms. The normalized spacial score (nSPS) is 19.1. The van der Waals surface area contributed by atoms with Gasteiger partial charge in [-0.3, -0.25) is 9.79 Å². The summed E-state index contributed by atoms with van der Waals surface area (Å²) in [6.45, 7) is 3.29. The molecule has 7 heteroatoms. The van der Waals surface area contributed by atoms with Gasteiger partial charge >= 0.3 is 5.97 Å². The molecule has 1 amide bonds. The Hall–Kier alpha value is -1.50. The first-order chi connectivity index (χ1) is 8.61. The SMILES string of the molecule is CCC(NC(=O)CC1=CSC2=NCCN12)C(=O)O.